The molecule has 120 valence electrons. The van der Waals surface area contributed by atoms with E-state index in [2.05, 4.69) is 19.2 Å². The fourth-order valence-electron chi connectivity index (χ4n) is 2.21. The predicted octanol–water partition coefficient (Wildman–Crippen LogP) is 3.66. The van der Waals surface area contributed by atoms with Gasteiger partial charge in [0, 0.05) is 5.92 Å². The number of carbonyl (C=O) groups excluding carboxylic acids is 2. The van der Waals surface area contributed by atoms with E-state index < -0.39 is 17.9 Å². The molecule has 0 aliphatic carbocycles. The molecule has 0 aliphatic heterocycles. The van der Waals surface area contributed by atoms with Crippen molar-refractivity contribution in [3.8, 4) is 0 Å². The first kappa shape index (κ1) is 19.5. The maximum Gasteiger partial charge on any atom is 0.320 e. The molecule has 0 amide bonds. The van der Waals surface area contributed by atoms with Crippen LogP contribution in [0.25, 0.3) is 0 Å². The minimum absolute atomic E-state index is 0.245. The van der Waals surface area contributed by atoms with Crippen LogP contribution in [0.5, 0.6) is 0 Å². The number of esters is 2. The highest BCUT2D eigenvalue weighted by atomic mass is 16.6. The Morgan fingerprint density at radius 3 is 2.05 bits per heavy atom. The first-order valence-electron chi connectivity index (χ1n) is 7.81. The summed E-state index contributed by atoms with van der Waals surface area (Å²) in [5.41, 5.74) is 2.69. The van der Waals surface area contributed by atoms with Crippen molar-refractivity contribution in [2.75, 3.05) is 13.2 Å². The van der Waals surface area contributed by atoms with Crippen molar-refractivity contribution in [1.29, 1.82) is 0 Å². The Morgan fingerprint density at radius 2 is 1.62 bits per heavy atom. The number of unbranched alkanes of at least 4 members (excludes halogenated alkanes) is 3. The molecule has 0 aliphatic rings. The summed E-state index contributed by atoms with van der Waals surface area (Å²) in [4.78, 5) is 24.1. The Morgan fingerprint density at radius 1 is 1.05 bits per heavy atom. The van der Waals surface area contributed by atoms with Crippen LogP contribution in [0.15, 0.2) is 18.4 Å². The predicted molar refractivity (Wildman–Crippen MR) is 82.7 cm³/mol. The van der Waals surface area contributed by atoms with Crippen LogP contribution >= 0.6 is 0 Å². The van der Waals surface area contributed by atoms with E-state index in [1.54, 1.807) is 19.9 Å². The van der Waals surface area contributed by atoms with E-state index in [0.717, 1.165) is 32.1 Å². The van der Waals surface area contributed by atoms with Crippen molar-refractivity contribution >= 4 is 11.9 Å². The van der Waals surface area contributed by atoms with Crippen LogP contribution in [0, 0.1) is 11.8 Å². The van der Waals surface area contributed by atoms with Crippen molar-refractivity contribution in [1.82, 2.24) is 0 Å². The topological polar surface area (TPSA) is 52.6 Å². The number of allylic oxidation sites excluding steroid dienone is 1. The van der Waals surface area contributed by atoms with Crippen LogP contribution < -0.4 is 0 Å². The first-order valence-corrected chi connectivity index (χ1v) is 7.81. The molecule has 0 aromatic heterocycles. The average Bonchev–Trinajstić information content (AvgIpc) is 2.44. The molecular weight excluding hydrogens is 268 g/mol. The van der Waals surface area contributed by atoms with E-state index >= 15 is 0 Å². The largest absolute Gasteiger partial charge is 0.465 e. The molecule has 0 unspecified atom stereocenters. The van der Waals surface area contributed by atoms with Crippen LogP contribution in [0.4, 0.5) is 0 Å². The van der Waals surface area contributed by atoms with Crippen LogP contribution in [0.3, 0.4) is 0 Å². The lowest BCUT2D eigenvalue weighted by molar-refractivity contribution is -0.163. The number of ether oxygens (including phenoxy) is 2. The maximum atomic E-state index is 12.1. The molecule has 4 nitrogen and oxygen atoms in total. The zero-order valence-electron chi connectivity index (χ0n) is 13.5. The molecule has 0 saturated heterocycles. The molecular formula is C17H28O4. The Hall–Kier alpha value is -1.54. The van der Waals surface area contributed by atoms with Gasteiger partial charge in [0.1, 0.15) is 0 Å². The van der Waals surface area contributed by atoms with Gasteiger partial charge in [0.15, 0.2) is 5.92 Å². The fraction of sp³-hybridized carbons (Fsp3) is 0.706. The molecule has 0 aromatic rings. The van der Waals surface area contributed by atoms with Gasteiger partial charge < -0.3 is 9.47 Å². The SMILES string of the molecule is C=C=C[C@H](CCCCCC)C(C(=O)OCC)C(=O)OCC. The number of hydrogen-bond acceptors (Lipinski definition) is 4. The van der Waals surface area contributed by atoms with Crippen molar-refractivity contribution in [3.05, 3.63) is 18.4 Å². The lowest BCUT2D eigenvalue weighted by Crippen LogP contribution is -2.33. The van der Waals surface area contributed by atoms with Crippen molar-refractivity contribution in [3.63, 3.8) is 0 Å². The summed E-state index contributed by atoms with van der Waals surface area (Å²) in [6.07, 6.45) is 6.73. The molecule has 21 heavy (non-hydrogen) atoms. The summed E-state index contributed by atoms with van der Waals surface area (Å²) in [7, 11) is 0. The number of rotatable bonds is 11. The Bertz CT molecular complexity index is 338. The number of carbonyl (C=O) groups is 2. The molecule has 0 saturated carbocycles. The van der Waals surface area contributed by atoms with Gasteiger partial charge in [-0.2, -0.15) is 0 Å². The van der Waals surface area contributed by atoms with E-state index in [0.29, 0.717) is 0 Å². The summed E-state index contributed by atoms with van der Waals surface area (Å²) in [6.45, 7) is 9.63. The highest BCUT2D eigenvalue weighted by Crippen LogP contribution is 2.24. The van der Waals surface area contributed by atoms with Gasteiger partial charge in [-0.05, 0) is 26.3 Å². The summed E-state index contributed by atoms with van der Waals surface area (Å²) in [6, 6.07) is 0. The Kier molecular flexibility index (Phi) is 11.3. The average molecular weight is 296 g/mol. The Balaban J connectivity index is 4.95. The van der Waals surface area contributed by atoms with Gasteiger partial charge in [0.2, 0.25) is 0 Å². The zero-order valence-corrected chi connectivity index (χ0v) is 13.5. The van der Waals surface area contributed by atoms with Crippen LogP contribution in [-0.2, 0) is 19.1 Å². The Labute approximate surface area is 128 Å². The summed E-state index contributed by atoms with van der Waals surface area (Å²) in [5, 5.41) is 0. The lowest BCUT2D eigenvalue weighted by Gasteiger charge is -2.21. The molecule has 0 fully saturated rings. The van der Waals surface area contributed by atoms with Crippen molar-refractivity contribution < 1.29 is 19.1 Å². The second kappa shape index (κ2) is 12.2. The molecule has 0 heterocycles. The summed E-state index contributed by atoms with van der Waals surface area (Å²) < 4.78 is 10.0. The normalized spacial score (nSPS) is 11.6. The second-order valence-electron chi connectivity index (χ2n) is 4.87. The summed E-state index contributed by atoms with van der Waals surface area (Å²) >= 11 is 0. The number of hydrogen-bond donors (Lipinski definition) is 0. The monoisotopic (exact) mass is 296 g/mol. The molecule has 0 aromatic carbocycles. The minimum atomic E-state index is -0.916. The van der Waals surface area contributed by atoms with Gasteiger partial charge in [-0.25, -0.2) is 0 Å². The molecule has 0 rings (SSSR count). The van der Waals surface area contributed by atoms with Gasteiger partial charge in [-0.3, -0.25) is 9.59 Å². The second-order valence-corrected chi connectivity index (χ2v) is 4.87. The molecule has 0 N–H and O–H groups in total. The zero-order chi connectivity index (χ0) is 16.1. The maximum absolute atomic E-state index is 12.1. The molecule has 0 bridgehead atoms. The van der Waals surface area contributed by atoms with Crippen molar-refractivity contribution in [2.45, 2.75) is 52.9 Å². The highest BCUT2D eigenvalue weighted by Gasteiger charge is 2.35. The van der Waals surface area contributed by atoms with Crippen LogP contribution in [0.1, 0.15) is 52.9 Å². The van der Waals surface area contributed by atoms with Gasteiger partial charge in [0.05, 0.1) is 13.2 Å². The van der Waals surface area contributed by atoms with Crippen LogP contribution in [0.2, 0.25) is 0 Å². The van der Waals surface area contributed by atoms with E-state index in [-0.39, 0.29) is 19.1 Å². The first-order chi connectivity index (χ1) is 10.1. The van der Waals surface area contributed by atoms with E-state index in [1.165, 1.54) is 0 Å². The van der Waals surface area contributed by atoms with E-state index in [1.807, 2.05) is 0 Å². The van der Waals surface area contributed by atoms with E-state index in [4.69, 9.17) is 9.47 Å². The summed E-state index contributed by atoms with van der Waals surface area (Å²) in [5.74, 6) is -2.23. The van der Waals surface area contributed by atoms with Crippen molar-refractivity contribution in [2.24, 2.45) is 11.8 Å². The standard InChI is InChI=1S/C17H28O4/c1-5-9-10-11-13-14(12-6-2)15(16(18)20-7-3)17(19)21-8-4/h12,14-15H,2,5,7-11,13H2,1,3-4H3/t14-/m1/s1. The van der Waals surface area contributed by atoms with Gasteiger partial charge in [-0.15, -0.1) is 5.73 Å². The smallest absolute Gasteiger partial charge is 0.320 e. The van der Waals surface area contributed by atoms with Crippen LogP contribution in [-0.4, -0.2) is 25.2 Å². The van der Waals surface area contributed by atoms with E-state index in [9.17, 15) is 9.59 Å². The lowest BCUT2D eigenvalue weighted by atomic mass is 9.87. The fourth-order valence-corrected chi connectivity index (χ4v) is 2.21. The van der Waals surface area contributed by atoms with Gasteiger partial charge in [-0.1, -0.05) is 39.2 Å². The van der Waals surface area contributed by atoms with Gasteiger partial charge in [0.25, 0.3) is 0 Å². The molecule has 0 spiro atoms. The molecule has 1 atom stereocenters. The third-order valence-electron chi connectivity index (χ3n) is 3.23. The minimum Gasteiger partial charge on any atom is -0.465 e. The van der Waals surface area contributed by atoms with Gasteiger partial charge >= 0.3 is 11.9 Å². The third kappa shape index (κ3) is 7.72. The molecule has 0 radical (unpaired) electrons. The third-order valence-corrected chi connectivity index (χ3v) is 3.23. The molecule has 4 heteroatoms. The quantitative estimate of drug-likeness (QED) is 0.253. The highest BCUT2D eigenvalue weighted by molar-refractivity contribution is 5.95.